The van der Waals surface area contributed by atoms with Gasteiger partial charge in [-0.3, -0.25) is 25.2 Å². The van der Waals surface area contributed by atoms with E-state index in [1.54, 1.807) is 23.1 Å². The zero-order chi connectivity index (χ0) is 16.7. The van der Waals surface area contributed by atoms with Gasteiger partial charge in [0, 0.05) is 36.5 Å². The fraction of sp³-hybridized carbons (Fsp3) is 0.400. The Bertz CT molecular complexity index is 588. The minimum atomic E-state index is -0.472. The molecule has 3 amide bonds. The molecule has 7 nitrogen and oxygen atoms in total. The van der Waals surface area contributed by atoms with E-state index in [9.17, 15) is 14.4 Å². The maximum absolute atomic E-state index is 11.9. The number of carbonyl (C=O) groups excluding carboxylic acids is 3. The number of hydrogen-bond acceptors (Lipinski definition) is 4. The van der Waals surface area contributed by atoms with Gasteiger partial charge in [0.25, 0.3) is 5.91 Å². The smallest absolute Gasteiger partial charge is 0.269 e. The zero-order valence-corrected chi connectivity index (χ0v) is 13.3. The third kappa shape index (κ3) is 5.54. The molecule has 1 aromatic carbocycles. The molecule has 1 fully saturated rings. The first kappa shape index (κ1) is 17.2. The Hall–Kier alpha value is -2.12. The molecule has 0 aromatic heterocycles. The Balaban J connectivity index is 1.70. The second-order valence-electron chi connectivity index (χ2n) is 5.01. The van der Waals surface area contributed by atoms with Gasteiger partial charge in [-0.2, -0.15) is 0 Å². The van der Waals surface area contributed by atoms with Gasteiger partial charge in [-0.1, -0.05) is 17.7 Å². The topological polar surface area (TPSA) is 87.7 Å². The molecule has 124 valence electrons. The number of halogens is 1. The maximum Gasteiger partial charge on any atom is 0.269 e. The van der Waals surface area contributed by atoms with Crippen LogP contribution in [0.15, 0.2) is 24.3 Å². The minimum Gasteiger partial charge on any atom is -0.378 e. The number of ether oxygens (including phenoxy) is 1. The van der Waals surface area contributed by atoms with Gasteiger partial charge in [0.15, 0.2) is 0 Å². The molecule has 8 heteroatoms. The molecule has 1 heterocycles. The number of hydrazine groups is 1. The summed E-state index contributed by atoms with van der Waals surface area (Å²) in [7, 11) is 0. The second-order valence-corrected chi connectivity index (χ2v) is 5.44. The molecule has 1 saturated heterocycles. The van der Waals surface area contributed by atoms with Crippen LogP contribution < -0.4 is 10.9 Å². The highest BCUT2D eigenvalue weighted by Gasteiger charge is 2.17. The summed E-state index contributed by atoms with van der Waals surface area (Å²) in [5, 5.41) is 0.431. The molecule has 2 rings (SSSR count). The molecule has 0 bridgehead atoms. The Morgan fingerprint density at radius 2 is 1.87 bits per heavy atom. The molecule has 0 saturated carbocycles. The molecule has 0 unspecified atom stereocenters. The van der Waals surface area contributed by atoms with Gasteiger partial charge in [0.2, 0.25) is 11.8 Å². The van der Waals surface area contributed by atoms with Crippen molar-refractivity contribution in [2.75, 3.05) is 26.3 Å². The summed E-state index contributed by atoms with van der Waals surface area (Å²) in [5.41, 5.74) is 4.90. The van der Waals surface area contributed by atoms with E-state index in [2.05, 4.69) is 10.9 Å². The Kier molecular flexibility index (Phi) is 6.37. The van der Waals surface area contributed by atoms with Crippen LogP contribution in [-0.4, -0.2) is 48.9 Å². The maximum atomic E-state index is 11.9. The van der Waals surface area contributed by atoms with Crippen LogP contribution in [0.5, 0.6) is 0 Å². The molecule has 0 aliphatic carbocycles. The van der Waals surface area contributed by atoms with E-state index in [1.165, 1.54) is 6.07 Å². The molecular weight excluding hydrogens is 322 g/mol. The van der Waals surface area contributed by atoms with E-state index in [-0.39, 0.29) is 18.7 Å². The third-order valence-corrected chi connectivity index (χ3v) is 3.57. The average molecular weight is 340 g/mol. The summed E-state index contributed by atoms with van der Waals surface area (Å²) in [6, 6.07) is 6.36. The Morgan fingerprint density at radius 1 is 1.13 bits per heavy atom. The number of hydrogen-bond donors (Lipinski definition) is 2. The van der Waals surface area contributed by atoms with Crippen LogP contribution in [0.1, 0.15) is 23.2 Å². The fourth-order valence-corrected chi connectivity index (χ4v) is 2.27. The Labute approximate surface area is 138 Å². The largest absolute Gasteiger partial charge is 0.378 e. The van der Waals surface area contributed by atoms with Gasteiger partial charge >= 0.3 is 0 Å². The number of rotatable bonds is 4. The minimum absolute atomic E-state index is 0.00597. The van der Waals surface area contributed by atoms with Crippen molar-refractivity contribution >= 4 is 29.3 Å². The highest BCUT2D eigenvalue weighted by Crippen LogP contribution is 2.10. The summed E-state index contributed by atoms with van der Waals surface area (Å²) in [6.45, 7) is 2.14. The molecule has 1 aromatic rings. The normalized spacial score (nSPS) is 14.2. The molecule has 2 N–H and O–H groups in total. The molecule has 1 aliphatic heterocycles. The van der Waals surface area contributed by atoms with Gasteiger partial charge in [-0.05, 0) is 18.2 Å². The van der Waals surface area contributed by atoms with E-state index >= 15 is 0 Å². The van der Waals surface area contributed by atoms with Crippen LogP contribution in [-0.2, 0) is 14.3 Å². The van der Waals surface area contributed by atoms with Crippen molar-refractivity contribution in [2.24, 2.45) is 0 Å². The first-order valence-electron chi connectivity index (χ1n) is 7.26. The van der Waals surface area contributed by atoms with Crippen molar-refractivity contribution < 1.29 is 19.1 Å². The third-order valence-electron chi connectivity index (χ3n) is 3.33. The summed E-state index contributed by atoms with van der Waals surface area (Å²) in [5.74, 6) is -0.994. The van der Waals surface area contributed by atoms with Gasteiger partial charge in [0.05, 0.1) is 13.2 Å². The van der Waals surface area contributed by atoms with Crippen molar-refractivity contribution in [3.8, 4) is 0 Å². The number of morpholine rings is 1. The van der Waals surface area contributed by atoms with Gasteiger partial charge in [0.1, 0.15) is 0 Å². The van der Waals surface area contributed by atoms with Crippen LogP contribution in [0.4, 0.5) is 0 Å². The van der Waals surface area contributed by atoms with E-state index in [1.807, 2.05) is 0 Å². The lowest BCUT2D eigenvalue weighted by Crippen LogP contribution is -2.43. The van der Waals surface area contributed by atoms with Crippen LogP contribution >= 0.6 is 11.6 Å². The van der Waals surface area contributed by atoms with Crippen molar-refractivity contribution in [3.05, 3.63) is 34.9 Å². The van der Waals surface area contributed by atoms with Crippen LogP contribution in [0.3, 0.4) is 0 Å². The van der Waals surface area contributed by atoms with Crippen molar-refractivity contribution in [1.82, 2.24) is 15.8 Å². The molecule has 0 atom stereocenters. The van der Waals surface area contributed by atoms with Gasteiger partial charge in [-0.25, -0.2) is 0 Å². The molecular formula is C15H18ClN3O4. The number of carbonyl (C=O) groups is 3. The van der Waals surface area contributed by atoms with E-state index in [0.29, 0.717) is 36.9 Å². The van der Waals surface area contributed by atoms with Gasteiger partial charge in [-0.15, -0.1) is 0 Å². The molecule has 23 heavy (non-hydrogen) atoms. The first-order valence-corrected chi connectivity index (χ1v) is 7.64. The highest BCUT2D eigenvalue weighted by atomic mass is 35.5. The molecule has 0 radical (unpaired) electrons. The predicted molar refractivity (Wildman–Crippen MR) is 83.7 cm³/mol. The average Bonchev–Trinajstić information content (AvgIpc) is 2.58. The number of nitrogens with one attached hydrogen (secondary N) is 2. The molecule has 0 spiro atoms. The lowest BCUT2D eigenvalue weighted by Gasteiger charge is -2.26. The lowest BCUT2D eigenvalue weighted by atomic mass is 10.2. The quantitative estimate of drug-likeness (QED) is 0.792. The summed E-state index contributed by atoms with van der Waals surface area (Å²) in [4.78, 5) is 37.1. The van der Waals surface area contributed by atoms with Gasteiger partial charge < -0.3 is 9.64 Å². The summed E-state index contributed by atoms with van der Waals surface area (Å²) >= 11 is 5.79. The van der Waals surface area contributed by atoms with E-state index in [4.69, 9.17) is 16.3 Å². The Morgan fingerprint density at radius 3 is 2.57 bits per heavy atom. The van der Waals surface area contributed by atoms with E-state index in [0.717, 1.165) is 0 Å². The van der Waals surface area contributed by atoms with E-state index < -0.39 is 11.8 Å². The summed E-state index contributed by atoms with van der Waals surface area (Å²) in [6.07, 6.45) is 0.102. The van der Waals surface area contributed by atoms with Crippen molar-refractivity contribution in [1.29, 1.82) is 0 Å². The monoisotopic (exact) mass is 339 g/mol. The summed E-state index contributed by atoms with van der Waals surface area (Å²) < 4.78 is 5.16. The van der Waals surface area contributed by atoms with Crippen LogP contribution in [0, 0.1) is 0 Å². The van der Waals surface area contributed by atoms with Crippen LogP contribution in [0.25, 0.3) is 0 Å². The molecule has 1 aliphatic rings. The second kappa shape index (κ2) is 8.50. The fourth-order valence-electron chi connectivity index (χ4n) is 2.08. The predicted octanol–water partition coefficient (Wildman–Crippen LogP) is 0.740. The number of nitrogens with zero attached hydrogens (tertiary/aromatic N) is 1. The standard InChI is InChI=1S/C15H18ClN3O4/c16-12-3-1-2-11(10-12)15(22)18-17-13(20)4-5-14(21)19-6-8-23-9-7-19/h1-3,10H,4-9H2,(H,17,20)(H,18,22). The number of benzene rings is 1. The van der Waals surface area contributed by atoms with Crippen molar-refractivity contribution in [3.63, 3.8) is 0 Å². The zero-order valence-electron chi connectivity index (χ0n) is 12.5. The van der Waals surface area contributed by atoms with Crippen LogP contribution in [0.2, 0.25) is 5.02 Å². The highest BCUT2D eigenvalue weighted by molar-refractivity contribution is 6.30. The lowest BCUT2D eigenvalue weighted by molar-refractivity contribution is -0.137. The van der Waals surface area contributed by atoms with Crippen molar-refractivity contribution in [2.45, 2.75) is 12.8 Å². The SMILES string of the molecule is O=C(CCC(=O)N1CCOCC1)NNC(=O)c1cccc(Cl)c1. The number of amides is 3. The first-order chi connectivity index (χ1) is 11.1.